The Morgan fingerprint density at radius 1 is 1.47 bits per heavy atom. The highest BCUT2D eigenvalue weighted by Crippen LogP contribution is 2.29. The predicted molar refractivity (Wildman–Crippen MR) is 59.8 cm³/mol. The molecule has 0 aliphatic heterocycles. The van der Waals surface area contributed by atoms with Crippen LogP contribution in [0, 0.1) is 5.82 Å². The zero-order chi connectivity index (χ0) is 12.4. The summed E-state index contributed by atoms with van der Waals surface area (Å²) < 4.78 is 13.6. The number of nitrogens with two attached hydrogens (primary N) is 2. The largest absolute Gasteiger partial charge is 0.398 e. The summed E-state index contributed by atoms with van der Waals surface area (Å²) in [5.41, 5.74) is 10.7. The van der Waals surface area contributed by atoms with Crippen LogP contribution in [0.5, 0.6) is 0 Å². The summed E-state index contributed by atoms with van der Waals surface area (Å²) in [5.74, 6) is -1.25. The topological polar surface area (TPSA) is 111 Å². The Morgan fingerprint density at radius 2 is 2.24 bits per heavy atom. The molecule has 6 nitrogen and oxygen atoms in total. The molecular formula is C9H8FN5OS. The lowest BCUT2D eigenvalue weighted by Crippen LogP contribution is -2.14. The van der Waals surface area contributed by atoms with Crippen molar-refractivity contribution in [2.75, 3.05) is 5.73 Å². The van der Waals surface area contributed by atoms with Gasteiger partial charge in [-0.05, 0) is 23.9 Å². The van der Waals surface area contributed by atoms with Gasteiger partial charge >= 0.3 is 0 Å². The third-order valence-corrected chi connectivity index (χ3v) is 2.89. The Hall–Kier alpha value is -2.09. The molecule has 0 atom stereocenters. The number of hydrogen-bond acceptors (Lipinski definition) is 5. The highest BCUT2D eigenvalue weighted by Gasteiger charge is 2.13. The van der Waals surface area contributed by atoms with Crippen LogP contribution in [0.3, 0.4) is 0 Å². The number of anilines is 1. The quantitative estimate of drug-likeness (QED) is 0.700. The van der Waals surface area contributed by atoms with Gasteiger partial charge in [-0.15, -0.1) is 0 Å². The van der Waals surface area contributed by atoms with E-state index in [1.165, 1.54) is 12.4 Å². The summed E-state index contributed by atoms with van der Waals surface area (Å²) in [4.78, 5) is 15.1. The fourth-order valence-corrected chi connectivity index (χ4v) is 1.95. The van der Waals surface area contributed by atoms with Gasteiger partial charge < -0.3 is 11.5 Å². The minimum absolute atomic E-state index is 0.0110. The molecule has 1 amide bonds. The van der Waals surface area contributed by atoms with E-state index in [4.69, 9.17) is 11.5 Å². The first-order valence-corrected chi connectivity index (χ1v) is 5.31. The lowest BCUT2D eigenvalue weighted by atomic mass is 10.1. The normalized spacial score (nSPS) is 10.4. The van der Waals surface area contributed by atoms with Crippen molar-refractivity contribution in [3.05, 3.63) is 29.8 Å². The van der Waals surface area contributed by atoms with Crippen LogP contribution in [0.4, 0.5) is 10.1 Å². The second-order valence-electron chi connectivity index (χ2n) is 3.13. The first kappa shape index (κ1) is 11.4. The number of rotatable bonds is 3. The van der Waals surface area contributed by atoms with Gasteiger partial charge in [-0.3, -0.25) is 9.89 Å². The molecule has 0 saturated heterocycles. The Morgan fingerprint density at radius 3 is 2.82 bits per heavy atom. The maximum atomic E-state index is 13.6. The number of nitrogen functional groups attached to an aromatic ring is 1. The second kappa shape index (κ2) is 4.42. The molecule has 0 saturated carbocycles. The van der Waals surface area contributed by atoms with Crippen molar-refractivity contribution < 1.29 is 9.18 Å². The van der Waals surface area contributed by atoms with Crippen molar-refractivity contribution in [2.24, 2.45) is 5.73 Å². The Labute approximate surface area is 99.6 Å². The van der Waals surface area contributed by atoms with Gasteiger partial charge in [-0.25, -0.2) is 9.37 Å². The van der Waals surface area contributed by atoms with Gasteiger partial charge in [0.15, 0.2) is 5.16 Å². The van der Waals surface area contributed by atoms with Crippen LogP contribution in [0.1, 0.15) is 10.4 Å². The number of carbonyl (C=O) groups excluding carboxylic acids is 1. The van der Waals surface area contributed by atoms with Crippen molar-refractivity contribution in [3.63, 3.8) is 0 Å². The summed E-state index contributed by atoms with van der Waals surface area (Å²) in [5, 5.41) is 6.60. The second-order valence-corrected chi connectivity index (χ2v) is 4.16. The van der Waals surface area contributed by atoms with E-state index in [0.29, 0.717) is 5.16 Å². The molecular weight excluding hydrogens is 245 g/mol. The zero-order valence-electron chi connectivity index (χ0n) is 8.48. The average Bonchev–Trinajstić information content (AvgIpc) is 2.74. The molecule has 0 fully saturated rings. The molecule has 17 heavy (non-hydrogen) atoms. The fourth-order valence-electron chi connectivity index (χ4n) is 1.21. The van der Waals surface area contributed by atoms with E-state index < -0.39 is 11.7 Å². The molecule has 0 aliphatic rings. The third kappa shape index (κ3) is 2.36. The molecule has 1 aromatic carbocycles. The smallest absolute Gasteiger partial charge is 0.250 e. The Balaban J connectivity index is 2.40. The van der Waals surface area contributed by atoms with Gasteiger partial charge in [-0.1, -0.05) is 0 Å². The van der Waals surface area contributed by atoms with Gasteiger partial charge in [0.05, 0.1) is 10.5 Å². The Kier molecular flexibility index (Phi) is 2.96. The number of carbonyl (C=O) groups is 1. The van der Waals surface area contributed by atoms with Crippen molar-refractivity contribution in [1.82, 2.24) is 15.2 Å². The lowest BCUT2D eigenvalue weighted by molar-refractivity contribution is 0.100. The van der Waals surface area contributed by atoms with Gasteiger partial charge in [0, 0.05) is 5.69 Å². The maximum Gasteiger partial charge on any atom is 0.250 e. The van der Waals surface area contributed by atoms with Gasteiger partial charge in [-0.2, -0.15) is 5.10 Å². The van der Waals surface area contributed by atoms with Crippen LogP contribution >= 0.6 is 11.8 Å². The number of H-pyrrole nitrogens is 1. The maximum absolute atomic E-state index is 13.6. The highest BCUT2D eigenvalue weighted by molar-refractivity contribution is 7.99. The summed E-state index contributed by atoms with van der Waals surface area (Å²) in [7, 11) is 0. The molecule has 2 rings (SSSR count). The summed E-state index contributed by atoms with van der Waals surface area (Å²) in [6.45, 7) is 0. The van der Waals surface area contributed by atoms with Gasteiger partial charge in [0.2, 0.25) is 0 Å². The number of halogens is 1. The van der Waals surface area contributed by atoms with Gasteiger partial charge in [0.1, 0.15) is 12.1 Å². The molecule has 88 valence electrons. The lowest BCUT2D eigenvalue weighted by Gasteiger charge is -2.05. The van der Waals surface area contributed by atoms with E-state index in [1.54, 1.807) is 0 Å². The van der Waals surface area contributed by atoms with Crippen LogP contribution in [0.2, 0.25) is 0 Å². The molecule has 0 unspecified atom stereocenters. The van der Waals surface area contributed by atoms with Crippen molar-refractivity contribution >= 4 is 23.4 Å². The van der Waals surface area contributed by atoms with Crippen LogP contribution in [0.15, 0.2) is 28.5 Å². The standard InChI is InChI=1S/C9H8FN5OS/c10-5-2-6(11)4(8(12)16)1-7(5)17-9-13-3-14-15-9/h1-3H,11H2,(H2,12,16)(H,13,14,15). The number of hydrogen-bond donors (Lipinski definition) is 3. The summed E-state index contributed by atoms with van der Waals surface area (Å²) >= 11 is 0.994. The molecule has 1 heterocycles. The molecule has 2 aromatic rings. The first-order valence-electron chi connectivity index (χ1n) is 4.50. The molecule has 0 radical (unpaired) electrons. The SMILES string of the molecule is NC(=O)c1cc(Sc2ncn[nH]2)c(F)cc1N. The van der Waals surface area contributed by atoms with Crippen molar-refractivity contribution in [2.45, 2.75) is 10.1 Å². The number of nitrogens with one attached hydrogen (secondary N) is 1. The third-order valence-electron chi connectivity index (χ3n) is 1.97. The predicted octanol–water partition coefficient (Wildman–Crippen LogP) is 0.776. The monoisotopic (exact) mass is 253 g/mol. The van der Waals surface area contributed by atoms with E-state index in [2.05, 4.69) is 15.2 Å². The number of amides is 1. The van der Waals surface area contributed by atoms with Crippen LogP contribution in [-0.4, -0.2) is 21.1 Å². The van der Waals surface area contributed by atoms with Crippen LogP contribution in [0.25, 0.3) is 0 Å². The minimum Gasteiger partial charge on any atom is -0.398 e. The Bertz CT molecular complexity index is 557. The van der Waals surface area contributed by atoms with Crippen molar-refractivity contribution in [1.29, 1.82) is 0 Å². The number of aromatic nitrogens is 3. The van der Waals surface area contributed by atoms with E-state index >= 15 is 0 Å². The van der Waals surface area contributed by atoms with Gasteiger partial charge in [0.25, 0.3) is 5.91 Å². The molecule has 1 aromatic heterocycles. The molecule has 0 aliphatic carbocycles. The summed E-state index contributed by atoms with van der Waals surface area (Å²) in [6.07, 6.45) is 1.30. The number of aromatic amines is 1. The fraction of sp³-hybridized carbons (Fsp3) is 0. The van der Waals surface area contributed by atoms with E-state index in [0.717, 1.165) is 17.8 Å². The minimum atomic E-state index is -0.707. The molecule has 8 heteroatoms. The molecule has 5 N–H and O–H groups in total. The van der Waals surface area contributed by atoms with E-state index in [-0.39, 0.29) is 16.1 Å². The van der Waals surface area contributed by atoms with Crippen LogP contribution in [-0.2, 0) is 0 Å². The van der Waals surface area contributed by atoms with E-state index in [9.17, 15) is 9.18 Å². The van der Waals surface area contributed by atoms with E-state index in [1.807, 2.05) is 0 Å². The number of benzene rings is 1. The average molecular weight is 253 g/mol. The number of primary amides is 1. The molecule has 0 spiro atoms. The first-order chi connectivity index (χ1) is 8.08. The summed E-state index contributed by atoms with van der Waals surface area (Å²) in [6, 6.07) is 2.35. The number of nitrogens with zero attached hydrogens (tertiary/aromatic N) is 2. The highest BCUT2D eigenvalue weighted by atomic mass is 32.2. The van der Waals surface area contributed by atoms with Crippen LogP contribution < -0.4 is 11.5 Å². The molecule has 0 bridgehead atoms. The van der Waals surface area contributed by atoms with Crippen molar-refractivity contribution in [3.8, 4) is 0 Å². The zero-order valence-corrected chi connectivity index (χ0v) is 9.29.